The predicted octanol–water partition coefficient (Wildman–Crippen LogP) is 3.92. The molecule has 2 fully saturated rings. The van der Waals surface area contributed by atoms with Crippen molar-refractivity contribution in [2.45, 2.75) is 50.6 Å². The first-order chi connectivity index (χ1) is 17.9. The van der Waals surface area contributed by atoms with Crippen molar-refractivity contribution in [1.29, 1.82) is 0 Å². The second kappa shape index (κ2) is 11.9. The maximum absolute atomic E-state index is 14.3. The van der Waals surface area contributed by atoms with Crippen molar-refractivity contribution in [3.63, 3.8) is 0 Å². The Morgan fingerprint density at radius 2 is 1.81 bits per heavy atom. The van der Waals surface area contributed by atoms with Crippen molar-refractivity contribution < 1.29 is 28.2 Å². The highest BCUT2D eigenvalue weighted by Crippen LogP contribution is 2.51. The van der Waals surface area contributed by atoms with Crippen molar-refractivity contribution >= 4 is 17.8 Å². The van der Waals surface area contributed by atoms with E-state index in [1.165, 1.54) is 12.1 Å². The molecule has 2 amide bonds. The number of methoxy groups -OCH3 is 1. The zero-order chi connectivity index (χ0) is 26.4. The SMILES string of the molecule is CCOC(=O)[C@H]1C[C@]2(CCCCN(CCOC)C2=O)N(C(=O)Cc2ccc(F)cc2)[C@H]1c1ccccc1. The number of rotatable bonds is 8. The number of ether oxygens (including phenoxy) is 2. The molecule has 198 valence electrons. The molecule has 4 rings (SSSR count). The fourth-order valence-corrected chi connectivity index (χ4v) is 5.82. The van der Waals surface area contributed by atoms with Gasteiger partial charge >= 0.3 is 5.97 Å². The van der Waals surface area contributed by atoms with Crippen LogP contribution in [0.1, 0.15) is 49.8 Å². The van der Waals surface area contributed by atoms with E-state index in [2.05, 4.69) is 0 Å². The van der Waals surface area contributed by atoms with Crippen LogP contribution in [0.2, 0.25) is 0 Å². The Hall–Kier alpha value is -3.26. The number of esters is 1. The third kappa shape index (κ3) is 5.54. The number of carbonyl (C=O) groups is 3. The van der Waals surface area contributed by atoms with Crippen LogP contribution in [0.15, 0.2) is 54.6 Å². The fourth-order valence-electron chi connectivity index (χ4n) is 5.82. The normalized spacial score (nSPS) is 23.8. The molecule has 0 radical (unpaired) electrons. The van der Waals surface area contributed by atoms with Gasteiger partial charge in [0.2, 0.25) is 11.8 Å². The number of hydrogen-bond donors (Lipinski definition) is 0. The zero-order valence-electron chi connectivity index (χ0n) is 21.5. The minimum atomic E-state index is -1.18. The highest BCUT2D eigenvalue weighted by molar-refractivity contribution is 5.95. The Balaban J connectivity index is 1.82. The monoisotopic (exact) mass is 510 g/mol. The fraction of sp³-hybridized carbons (Fsp3) is 0.483. The van der Waals surface area contributed by atoms with Gasteiger partial charge in [-0.2, -0.15) is 0 Å². The van der Waals surface area contributed by atoms with Gasteiger partial charge in [0.25, 0.3) is 0 Å². The van der Waals surface area contributed by atoms with Crippen molar-refractivity contribution in [2.24, 2.45) is 5.92 Å². The highest BCUT2D eigenvalue weighted by Gasteiger charge is 2.61. The van der Waals surface area contributed by atoms with E-state index < -0.39 is 23.5 Å². The van der Waals surface area contributed by atoms with E-state index in [1.807, 2.05) is 30.3 Å². The summed E-state index contributed by atoms with van der Waals surface area (Å²) in [5.41, 5.74) is 0.245. The zero-order valence-corrected chi connectivity index (χ0v) is 21.5. The lowest BCUT2D eigenvalue weighted by molar-refractivity contribution is -0.154. The molecule has 2 aliphatic heterocycles. The van der Waals surface area contributed by atoms with E-state index in [0.29, 0.717) is 31.7 Å². The number of likely N-dealkylation sites (tertiary alicyclic amines) is 2. The summed E-state index contributed by atoms with van der Waals surface area (Å²) < 4.78 is 24.3. The second-order valence-corrected chi connectivity index (χ2v) is 9.76. The van der Waals surface area contributed by atoms with Crippen molar-refractivity contribution in [1.82, 2.24) is 9.80 Å². The van der Waals surface area contributed by atoms with Crippen LogP contribution in [-0.4, -0.2) is 66.5 Å². The smallest absolute Gasteiger partial charge is 0.311 e. The molecule has 0 bridgehead atoms. The summed E-state index contributed by atoms with van der Waals surface area (Å²) >= 11 is 0. The maximum atomic E-state index is 14.3. The minimum absolute atomic E-state index is 0.00768. The Labute approximate surface area is 217 Å². The summed E-state index contributed by atoms with van der Waals surface area (Å²) in [6, 6.07) is 14.5. The van der Waals surface area contributed by atoms with Crippen LogP contribution in [-0.2, 0) is 30.3 Å². The van der Waals surface area contributed by atoms with Crippen LogP contribution in [0.3, 0.4) is 0 Å². The van der Waals surface area contributed by atoms with Gasteiger partial charge in [0, 0.05) is 20.2 Å². The first kappa shape index (κ1) is 26.8. The second-order valence-electron chi connectivity index (χ2n) is 9.76. The summed E-state index contributed by atoms with van der Waals surface area (Å²) in [6.45, 7) is 3.33. The number of carbonyl (C=O) groups excluding carboxylic acids is 3. The van der Waals surface area contributed by atoms with E-state index >= 15 is 0 Å². The number of benzene rings is 2. The predicted molar refractivity (Wildman–Crippen MR) is 136 cm³/mol. The molecule has 0 N–H and O–H groups in total. The topological polar surface area (TPSA) is 76.2 Å². The Morgan fingerprint density at radius 1 is 1.08 bits per heavy atom. The number of amides is 2. The number of hydrogen-bond acceptors (Lipinski definition) is 5. The van der Waals surface area contributed by atoms with Crippen molar-refractivity contribution in [3.8, 4) is 0 Å². The average molecular weight is 511 g/mol. The largest absolute Gasteiger partial charge is 0.466 e. The summed E-state index contributed by atoms with van der Waals surface area (Å²) in [6.07, 6.45) is 2.20. The van der Waals surface area contributed by atoms with Crippen LogP contribution >= 0.6 is 0 Å². The van der Waals surface area contributed by atoms with E-state index in [-0.39, 0.29) is 37.1 Å². The quantitative estimate of drug-likeness (QED) is 0.503. The first-order valence-electron chi connectivity index (χ1n) is 13.0. The third-order valence-corrected chi connectivity index (χ3v) is 7.46. The first-order valence-corrected chi connectivity index (χ1v) is 13.0. The van der Waals surface area contributed by atoms with Gasteiger partial charge in [-0.25, -0.2) is 4.39 Å². The molecule has 3 atom stereocenters. The van der Waals surface area contributed by atoms with Gasteiger partial charge in [-0.1, -0.05) is 42.5 Å². The molecule has 0 unspecified atom stereocenters. The molecule has 8 heteroatoms. The summed E-state index contributed by atoms with van der Waals surface area (Å²) in [4.78, 5) is 45.2. The summed E-state index contributed by atoms with van der Waals surface area (Å²) in [5, 5.41) is 0. The standard InChI is InChI=1S/C29H35FN2O5/c1-3-37-27(34)24-20-29(15-7-8-16-31(28(29)35)17-18-36-2)32(26(24)22-9-5-4-6-10-22)25(33)19-21-11-13-23(30)14-12-21/h4-6,9-14,24,26H,3,7-8,15-20H2,1-2H3/t24-,26-,29-/m0/s1. The molecule has 0 aromatic heterocycles. The molecule has 2 saturated heterocycles. The van der Waals surface area contributed by atoms with Gasteiger partial charge in [-0.15, -0.1) is 0 Å². The minimum Gasteiger partial charge on any atom is -0.466 e. The van der Waals surface area contributed by atoms with Gasteiger partial charge in [0.1, 0.15) is 11.4 Å². The van der Waals surface area contributed by atoms with E-state index in [4.69, 9.17) is 9.47 Å². The van der Waals surface area contributed by atoms with Crippen molar-refractivity contribution in [2.75, 3.05) is 33.4 Å². The van der Waals surface area contributed by atoms with Gasteiger partial charge < -0.3 is 19.3 Å². The summed E-state index contributed by atoms with van der Waals surface area (Å²) in [7, 11) is 1.59. The number of nitrogens with zero attached hydrogens (tertiary/aromatic N) is 2. The molecule has 0 saturated carbocycles. The van der Waals surface area contributed by atoms with Crippen LogP contribution in [0.5, 0.6) is 0 Å². The molecule has 2 aliphatic rings. The van der Waals surface area contributed by atoms with E-state index in [1.54, 1.807) is 36.0 Å². The van der Waals surface area contributed by atoms with Crippen LogP contribution < -0.4 is 0 Å². The van der Waals surface area contributed by atoms with Gasteiger partial charge in [-0.3, -0.25) is 14.4 Å². The van der Waals surface area contributed by atoms with E-state index in [0.717, 1.165) is 18.4 Å². The maximum Gasteiger partial charge on any atom is 0.311 e. The summed E-state index contributed by atoms with van der Waals surface area (Å²) in [5.74, 6) is -1.90. The van der Waals surface area contributed by atoms with Crippen molar-refractivity contribution in [3.05, 3.63) is 71.5 Å². The molecule has 37 heavy (non-hydrogen) atoms. The Kier molecular flexibility index (Phi) is 8.59. The molecule has 2 aromatic carbocycles. The molecule has 2 aromatic rings. The lowest BCUT2D eigenvalue weighted by Crippen LogP contribution is -2.58. The Morgan fingerprint density at radius 3 is 2.49 bits per heavy atom. The molecular weight excluding hydrogens is 475 g/mol. The lowest BCUT2D eigenvalue weighted by atomic mass is 9.85. The molecule has 0 aliphatic carbocycles. The highest BCUT2D eigenvalue weighted by atomic mass is 19.1. The van der Waals surface area contributed by atoms with Gasteiger partial charge in [0.15, 0.2) is 0 Å². The van der Waals surface area contributed by atoms with Crippen LogP contribution in [0, 0.1) is 11.7 Å². The van der Waals surface area contributed by atoms with Crippen LogP contribution in [0.25, 0.3) is 0 Å². The molecule has 7 nitrogen and oxygen atoms in total. The van der Waals surface area contributed by atoms with E-state index in [9.17, 15) is 18.8 Å². The van der Waals surface area contributed by atoms with Gasteiger partial charge in [-0.05, 0) is 55.9 Å². The lowest BCUT2D eigenvalue weighted by Gasteiger charge is -2.41. The third-order valence-electron chi connectivity index (χ3n) is 7.46. The molecule has 1 spiro atoms. The van der Waals surface area contributed by atoms with Gasteiger partial charge in [0.05, 0.1) is 31.6 Å². The average Bonchev–Trinajstić information content (AvgIpc) is 3.18. The van der Waals surface area contributed by atoms with Crippen LogP contribution in [0.4, 0.5) is 4.39 Å². The Bertz CT molecular complexity index is 1090. The molecule has 2 heterocycles. The number of halogens is 1. The molecular formula is C29H35FN2O5.